The molecule has 0 aliphatic heterocycles. The molecule has 4 heteroatoms. The number of hydrogen-bond donors (Lipinski definition) is 2. The van der Waals surface area contributed by atoms with Gasteiger partial charge in [-0.2, -0.15) is 0 Å². The summed E-state index contributed by atoms with van der Waals surface area (Å²) in [6.07, 6.45) is 0. The quantitative estimate of drug-likeness (QED) is 0.414. The van der Waals surface area contributed by atoms with Crippen LogP contribution in [-0.4, -0.2) is 13.0 Å². The van der Waals surface area contributed by atoms with Crippen molar-refractivity contribution in [1.82, 2.24) is 0 Å². The predicted octanol–water partition coefficient (Wildman–Crippen LogP) is 0.614. The van der Waals surface area contributed by atoms with Crippen LogP contribution in [0, 0.1) is 5.82 Å². The molecule has 0 amide bonds. The molecule has 0 aliphatic rings. The molecule has 1 N–H and O–H groups in total. The lowest BCUT2D eigenvalue weighted by Crippen LogP contribution is -2.02. The maximum absolute atomic E-state index is 12.5. The standard InChI is InChI=1S/C6H4BFOS/c7-3-1-4(8)6(9)5(10)2-3/h1-2,9-10H. The van der Waals surface area contributed by atoms with Crippen molar-refractivity contribution in [2.45, 2.75) is 4.90 Å². The Kier molecular flexibility index (Phi) is 1.90. The van der Waals surface area contributed by atoms with Crippen LogP contribution in [0.2, 0.25) is 0 Å². The number of phenols is 1. The number of hydrogen-bond acceptors (Lipinski definition) is 2. The van der Waals surface area contributed by atoms with Crippen LogP contribution in [0.5, 0.6) is 5.75 Å². The second-order valence-corrected chi connectivity index (χ2v) is 2.35. The monoisotopic (exact) mass is 154 g/mol. The average Bonchev–Trinajstić information content (AvgIpc) is 1.82. The lowest BCUT2D eigenvalue weighted by molar-refractivity contribution is 0.421. The fourth-order valence-corrected chi connectivity index (χ4v) is 0.861. The Labute approximate surface area is 64.7 Å². The van der Waals surface area contributed by atoms with Gasteiger partial charge in [-0.15, -0.1) is 12.6 Å². The van der Waals surface area contributed by atoms with Gasteiger partial charge in [-0.3, -0.25) is 0 Å². The maximum Gasteiger partial charge on any atom is 0.165 e. The van der Waals surface area contributed by atoms with Gasteiger partial charge in [0.25, 0.3) is 0 Å². The van der Waals surface area contributed by atoms with Crippen LogP contribution in [-0.2, 0) is 0 Å². The first kappa shape index (κ1) is 7.47. The van der Waals surface area contributed by atoms with Crippen LogP contribution < -0.4 is 5.46 Å². The topological polar surface area (TPSA) is 20.2 Å². The first-order valence-corrected chi connectivity index (χ1v) is 3.03. The first-order chi connectivity index (χ1) is 4.61. The minimum absolute atomic E-state index is 0.150. The van der Waals surface area contributed by atoms with E-state index >= 15 is 0 Å². The van der Waals surface area contributed by atoms with E-state index in [1.807, 2.05) is 0 Å². The number of thiol groups is 1. The third-order valence-electron chi connectivity index (χ3n) is 1.07. The summed E-state index contributed by atoms with van der Waals surface area (Å²) in [6, 6.07) is 2.41. The van der Waals surface area contributed by atoms with Crippen LogP contribution in [0.1, 0.15) is 0 Å². The highest BCUT2D eigenvalue weighted by atomic mass is 32.1. The zero-order valence-corrected chi connectivity index (χ0v) is 5.90. The third-order valence-corrected chi connectivity index (χ3v) is 1.41. The number of aromatic hydroxyl groups is 1. The molecule has 0 bridgehead atoms. The molecule has 1 aromatic rings. The highest BCUT2D eigenvalue weighted by molar-refractivity contribution is 7.80. The third kappa shape index (κ3) is 1.26. The molecule has 1 aromatic carbocycles. The van der Waals surface area contributed by atoms with Gasteiger partial charge in [0.2, 0.25) is 0 Å². The lowest BCUT2D eigenvalue weighted by Gasteiger charge is -1.99. The van der Waals surface area contributed by atoms with Gasteiger partial charge in [-0.05, 0) is 6.07 Å². The number of benzene rings is 1. The molecule has 1 nitrogen and oxygen atoms in total. The van der Waals surface area contributed by atoms with Gasteiger partial charge < -0.3 is 5.11 Å². The molecule has 0 atom stereocenters. The zero-order valence-electron chi connectivity index (χ0n) is 5.00. The molecule has 10 heavy (non-hydrogen) atoms. The van der Waals surface area contributed by atoms with Crippen molar-refractivity contribution < 1.29 is 9.50 Å². The molecule has 0 unspecified atom stereocenters. The minimum Gasteiger partial charge on any atom is -0.504 e. The van der Waals surface area contributed by atoms with Gasteiger partial charge in [0, 0.05) is 4.90 Å². The SMILES string of the molecule is [B]c1cc(F)c(O)c(S)c1. The molecular formula is C6H4BFOS. The van der Waals surface area contributed by atoms with E-state index in [-0.39, 0.29) is 10.4 Å². The van der Waals surface area contributed by atoms with E-state index in [9.17, 15) is 4.39 Å². The van der Waals surface area contributed by atoms with Gasteiger partial charge in [-0.1, -0.05) is 11.5 Å². The van der Waals surface area contributed by atoms with Crippen LogP contribution in [0.3, 0.4) is 0 Å². The highest BCUT2D eigenvalue weighted by Crippen LogP contribution is 2.21. The number of rotatable bonds is 0. The van der Waals surface area contributed by atoms with Crippen molar-refractivity contribution in [3.05, 3.63) is 17.9 Å². The fraction of sp³-hybridized carbons (Fsp3) is 0. The predicted molar refractivity (Wildman–Crippen MR) is 40.7 cm³/mol. The summed E-state index contributed by atoms with van der Waals surface area (Å²) in [4.78, 5) is 0.150. The maximum atomic E-state index is 12.5. The molecule has 0 saturated carbocycles. The van der Waals surface area contributed by atoms with Crippen LogP contribution in [0.25, 0.3) is 0 Å². The van der Waals surface area contributed by atoms with Crippen LogP contribution >= 0.6 is 12.6 Å². The molecule has 0 saturated heterocycles. The normalized spacial score (nSPS) is 9.80. The van der Waals surface area contributed by atoms with Gasteiger partial charge in [0.05, 0.1) is 0 Å². The smallest absolute Gasteiger partial charge is 0.165 e. The van der Waals surface area contributed by atoms with Crippen molar-refractivity contribution in [3.8, 4) is 5.75 Å². The summed E-state index contributed by atoms with van der Waals surface area (Å²) < 4.78 is 12.5. The summed E-state index contributed by atoms with van der Waals surface area (Å²) >= 11 is 3.77. The van der Waals surface area contributed by atoms with Crippen molar-refractivity contribution in [2.24, 2.45) is 0 Å². The Morgan fingerprint density at radius 3 is 2.60 bits per heavy atom. The van der Waals surface area contributed by atoms with Crippen molar-refractivity contribution in [3.63, 3.8) is 0 Å². The Hall–Kier alpha value is -0.635. The molecular weight excluding hydrogens is 150 g/mol. The fourth-order valence-electron chi connectivity index (χ4n) is 0.605. The van der Waals surface area contributed by atoms with Gasteiger partial charge >= 0.3 is 0 Å². The largest absolute Gasteiger partial charge is 0.504 e. The Bertz CT molecular complexity index is 241. The highest BCUT2D eigenvalue weighted by Gasteiger charge is 2.03. The van der Waals surface area contributed by atoms with E-state index in [2.05, 4.69) is 12.6 Å². The summed E-state index contributed by atoms with van der Waals surface area (Å²) in [5.74, 6) is -1.21. The molecule has 50 valence electrons. The molecule has 1 rings (SSSR count). The summed E-state index contributed by atoms with van der Waals surface area (Å²) in [6.45, 7) is 0. The molecule has 2 radical (unpaired) electrons. The number of halogens is 1. The van der Waals surface area contributed by atoms with E-state index in [1.165, 1.54) is 6.07 Å². The zero-order chi connectivity index (χ0) is 7.72. The second-order valence-electron chi connectivity index (χ2n) is 1.87. The van der Waals surface area contributed by atoms with Crippen LogP contribution in [0.15, 0.2) is 17.0 Å². The molecule has 0 aliphatic carbocycles. The summed E-state index contributed by atoms with van der Waals surface area (Å²) in [7, 11) is 5.23. The molecule has 0 aromatic heterocycles. The second kappa shape index (κ2) is 2.54. The molecule has 0 spiro atoms. The van der Waals surface area contributed by atoms with Gasteiger partial charge in [0.1, 0.15) is 7.85 Å². The van der Waals surface area contributed by atoms with E-state index in [0.29, 0.717) is 0 Å². The van der Waals surface area contributed by atoms with E-state index < -0.39 is 11.6 Å². The molecule has 0 heterocycles. The van der Waals surface area contributed by atoms with Crippen molar-refractivity contribution >= 4 is 25.9 Å². The summed E-state index contributed by atoms with van der Waals surface area (Å²) in [5.41, 5.74) is 0.250. The Morgan fingerprint density at radius 1 is 1.50 bits per heavy atom. The Balaban J connectivity index is 3.31. The average molecular weight is 154 g/mol. The van der Waals surface area contributed by atoms with Crippen LogP contribution in [0.4, 0.5) is 4.39 Å². The van der Waals surface area contributed by atoms with Gasteiger partial charge in [-0.25, -0.2) is 4.39 Å². The first-order valence-electron chi connectivity index (χ1n) is 2.58. The van der Waals surface area contributed by atoms with Crippen molar-refractivity contribution in [2.75, 3.05) is 0 Å². The van der Waals surface area contributed by atoms with Gasteiger partial charge in [0.15, 0.2) is 11.6 Å². The lowest BCUT2D eigenvalue weighted by atomic mass is 9.96. The van der Waals surface area contributed by atoms with E-state index in [1.54, 1.807) is 0 Å². The van der Waals surface area contributed by atoms with E-state index in [0.717, 1.165) is 6.07 Å². The van der Waals surface area contributed by atoms with Crippen molar-refractivity contribution in [1.29, 1.82) is 0 Å². The Morgan fingerprint density at radius 2 is 2.10 bits per heavy atom. The molecule has 0 fully saturated rings. The minimum atomic E-state index is -0.745. The number of phenolic OH excluding ortho intramolecular Hbond substituents is 1. The van der Waals surface area contributed by atoms with E-state index in [4.69, 9.17) is 13.0 Å². The summed E-state index contributed by atoms with van der Waals surface area (Å²) in [5, 5.41) is 8.82.